The van der Waals surface area contributed by atoms with Crippen molar-refractivity contribution in [1.29, 1.82) is 0 Å². The van der Waals surface area contributed by atoms with Crippen LogP contribution >= 0.6 is 11.3 Å². The molecule has 0 radical (unpaired) electrons. The highest BCUT2D eigenvalue weighted by Gasteiger charge is 2.30. The Morgan fingerprint density at radius 3 is 2.71 bits per heavy atom. The zero-order valence-corrected chi connectivity index (χ0v) is 21.6. The minimum atomic E-state index is -3.16. The second-order valence-corrected chi connectivity index (χ2v) is 12.2. The fraction of sp³-hybridized carbons (Fsp3) is 0.522. The second kappa shape index (κ2) is 9.94. The van der Waals surface area contributed by atoms with Crippen LogP contribution in [0, 0.1) is 0 Å². The van der Waals surface area contributed by atoms with E-state index in [-0.39, 0.29) is 12.1 Å². The zero-order chi connectivity index (χ0) is 24.6. The van der Waals surface area contributed by atoms with Crippen LogP contribution in [0.4, 0.5) is 11.6 Å². The van der Waals surface area contributed by atoms with E-state index >= 15 is 0 Å². The number of thiophene rings is 1. The molecule has 0 bridgehead atoms. The van der Waals surface area contributed by atoms with Gasteiger partial charge in [-0.05, 0) is 49.5 Å². The van der Waals surface area contributed by atoms with Crippen molar-refractivity contribution in [2.45, 2.75) is 25.0 Å². The first-order valence-corrected chi connectivity index (χ1v) is 14.5. The molecule has 2 aliphatic rings. The third-order valence-electron chi connectivity index (χ3n) is 6.82. The minimum absolute atomic E-state index is 0.0551. The number of aromatic nitrogens is 3. The van der Waals surface area contributed by atoms with Gasteiger partial charge in [0.25, 0.3) is 0 Å². The van der Waals surface area contributed by atoms with Crippen molar-refractivity contribution in [2.75, 3.05) is 63.3 Å². The number of pyridine rings is 1. The van der Waals surface area contributed by atoms with Crippen LogP contribution in [0.2, 0.25) is 0 Å². The molecule has 12 heteroatoms. The van der Waals surface area contributed by atoms with E-state index in [4.69, 9.17) is 20.4 Å². The van der Waals surface area contributed by atoms with Crippen molar-refractivity contribution in [2.24, 2.45) is 0 Å². The predicted octanol–water partition coefficient (Wildman–Crippen LogP) is 1.90. The molecular weight excluding hydrogens is 486 g/mol. The van der Waals surface area contributed by atoms with Crippen molar-refractivity contribution in [1.82, 2.24) is 24.2 Å². The van der Waals surface area contributed by atoms with Gasteiger partial charge in [0, 0.05) is 44.5 Å². The van der Waals surface area contributed by atoms with Crippen LogP contribution in [0.1, 0.15) is 12.8 Å². The fourth-order valence-electron chi connectivity index (χ4n) is 4.78. The highest BCUT2D eigenvalue weighted by molar-refractivity contribution is 7.88. The molecule has 0 aromatic carbocycles. The molecule has 0 aliphatic carbocycles. The number of piperidine rings is 1. The first-order valence-electron chi connectivity index (χ1n) is 11.8. The van der Waals surface area contributed by atoms with Gasteiger partial charge in [-0.15, -0.1) is 11.3 Å². The number of ether oxygens (including phenoxy) is 1. The summed E-state index contributed by atoms with van der Waals surface area (Å²) in [6.07, 6.45) is 4.71. The van der Waals surface area contributed by atoms with Gasteiger partial charge in [-0.2, -0.15) is 0 Å². The highest BCUT2D eigenvalue weighted by atomic mass is 32.2. The Balaban J connectivity index is 1.28. The topological polar surface area (TPSA) is 118 Å². The molecule has 1 atom stereocenters. The summed E-state index contributed by atoms with van der Waals surface area (Å²) in [6.45, 7) is 4.68. The van der Waals surface area contributed by atoms with Crippen LogP contribution in [-0.2, 0) is 14.8 Å². The Morgan fingerprint density at radius 1 is 1.20 bits per heavy atom. The molecule has 5 rings (SSSR count). The zero-order valence-electron chi connectivity index (χ0n) is 20.0. The molecule has 5 heterocycles. The molecule has 10 nitrogen and oxygen atoms in total. The molecule has 2 fully saturated rings. The lowest BCUT2D eigenvalue weighted by atomic mass is 10.0. The maximum Gasteiger partial charge on any atom is 0.211 e. The summed E-state index contributed by atoms with van der Waals surface area (Å²) in [5.41, 5.74) is 7.51. The van der Waals surface area contributed by atoms with Crippen LogP contribution in [0.25, 0.3) is 21.6 Å². The number of nitrogens with two attached hydrogens (primary N) is 1. The lowest BCUT2D eigenvalue weighted by Gasteiger charge is -2.39. The average molecular weight is 518 g/mol. The number of rotatable bonds is 6. The molecule has 3 aromatic rings. The normalized spacial score (nSPS) is 20.7. The van der Waals surface area contributed by atoms with E-state index in [9.17, 15) is 8.42 Å². The number of sulfonamides is 1. The molecule has 2 aliphatic heterocycles. The van der Waals surface area contributed by atoms with Crippen LogP contribution in [0.15, 0.2) is 29.8 Å². The van der Waals surface area contributed by atoms with E-state index in [1.807, 2.05) is 17.5 Å². The molecule has 2 N–H and O–H groups in total. The molecule has 3 aromatic heterocycles. The Hall–Kier alpha value is -2.38. The molecule has 2 saturated heterocycles. The number of morpholine rings is 1. The van der Waals surface area contributed by atoms with Crippen LogP contribution < -0.4 is 10.6 Å². The van der Waals surface area contributed by atoms with Gasteiger partial charge in [-0.1, -0.05) is 0 Å². The van der Waals surface area contributed by atoms with Crippen molar-refractivity contribution in [3.05, 3.63) is 29.8 Å². The lowest BCUT2D eigenvalue weighted by Crippen LogP contribution is -2.51. The molecule has 0 amide bonds. The van der Waals surface area contributed by atoms with Gasteiger partial charge in [-0.3, -0.25) is 0 Å². The van der Waals surface area contributed by atoms with E-state index in [2.05, 4.69) is 14.8 Å². The number of nitrogen functional groups attached to an aromatic ring is 1. The number of nitrogens with zero attached hydrogens (tertiary/aromatic N) is 6. The summed E-state index contributed by atoms with van der Waals surface area (Å²) < 4.78 is 32.5. The summed E-state index contributed by atoms with van der Waals surface area (Å²) in [5, 5.41) is 2.05. The smallest absolute Gasteiger partial charge is 0.211 e. The Bertz CT molecular complexity index is 1270. The third kappa shape index (κ3) is 5.41. The van der Waals surface area contributed by atoms with Crippen molar-refractivity contribution >= 4 is 43.2 Å². The maximum atomic E-state index is 11.9. The lowest BCUT2D eigenvalue weighted by molar-refractivity contribution is 0.00852. The second-order valence-electron chi connectivity index (χ2n) is 9.23. The van der Waals surface area contributed by atoms with Gasteiger partial charge >= 0.3 is 0 Å². The van der Waals surface area contributed by atoms with E-state index in [0.717, 1.165) is 67.2 Å². The quantitative estimate of drug-likeness (QED) is 0.523. The summed E-state index contributed by atoms with van der Waals surface area (Å²) in [7, 11) is -1.48. The van der Waals surface area contributed by atoms with Gasteiger partial charge in [0.2, 0.25) is 10.0 Å². The largest absolute Gasteiger partial charge is 0.384 e. The fourth-order valence-corrected chi connectivity index (χ4v) is 6.38. The van der Waals surface area contributed by atoms with Gasteiger partial charge in [0.15, 0.2) is 11.6 Å². The molecular formula is C23H31N7O3S2. The van der Waals surface area contributed by atoms with Crippen molar-refractivity contribution in [3.63, 3.8) is 0 Å². The SMILES string of the molecule is CN(C1CCN(CC2CN(c3nc(-c4ccc(N)nc4)nc4ccsc34)CCO2)CC1)S(C)(=O)=O. The van der Waals surface area contributed by atoms with E-state index in [0.29, 0.717) is 18.2 Å². The Labute approximate surface area is 209 Å². The minimum Gasteiger partial charge on any atom is -0.384 e. The van der Waals surface area contributed by atoms with Crippen LogP contribution in [0.5, 0.6) is 0 Å². The molecule has 0 saturated carbocycles. The standard InChI is InChI=1S/C23H31N7O3S2/c1-28(35(2,31)32)17-5-8-29(9-6-17)14-18-15-30(10-11-33-18)23-21-19(7-12-34-21)26-22(27-23)16-3-4-20(24)25-13-16/h3-4,7,12-13,17-18H,5-6,8-11,14-15H2,1-2H3,(H2,24,25). The number of anilines is 2. The summed E-state index contributed by atoms with van der Waals surface area (Å²) in [4.78, 5) is 18.6. The molecule has 35 heavy (non-hydrogen) atoms. The Kier molecular flexibility index (Phi) is 6.91. The van der Waals surface area contributed by atoms with Crippen LogP contribution in [-0.4, -0.2) is 97.4 Å². The number of hydrogen-bond acceptors (Lipinski definition) is 10. The van der Waals surface area contributed by atoms with Gasteiger partial charge in [-0.25, -0.2) is 27.7 Å². The van der Waals surface area contributed by atoms with E-state index in [1.165, 1.54) is 10.6 Å². The summed E-state index contributed by atoms with van der Waals surface area (Å²) >= 11 is 1.65. The van der Waals surface area contributed by atoms with Crippen LogP contribution in [0.3, 0.4) is 0 Å². The first kappa shape index (κ1) is 24.3. The van der Waals surface area contributed by atoms with Gasteiger partial charge < -0.3 is 20.3 Å². The van der Waals surface area contributed by atoms with Crippen molar-refractivity contribution < 1.29 is 13.2 Å². The highest BCUT2D eigenvalue weighted by Crippen LogP contribution is 2.32. The van der Waals surface area contributed by atoms with E-state index in [1.54, 1.807) is 30.6 Å². The number of fused-ring (bicyclic) bond motifs is 1. The average Bonchev–Trinajstić information content (AvgIpc) is 3.32. The third-order valence-corrected chi connectivity index (χ3v) is 9.07. The number of hydrogen-bond donors (Lipinski definition) is 1. The molecule has 1 unspecified atom stereocenters. The maximum absolute atomic E-state index is 11.9. The van der Waals surface area contributed by atoms with E-state index < -0.39 is 10.0 Å². The molecule has 188 valence electrons. The summed E-state index contributed by atoms with van der Waals surface area (Å²) in [5.74, 6) is 2.03. The first-order chi connectivity index (χ1) is 16.8. The van der Waals surface area contributed by atoms with Gasteiger partial charge in [0.1, 0.15) is 5.82 Å². The molecule has 0 spiro atoms. The monoisotopic (exact) mass is 517 g/mol. The Morgan fingerprint density at radius 2 is 2.00 bits per heavy atom. The summed E-state index contributed by atoms with van der Waals surface area (Å²) in [6, 6.07) is 5.75. The number of likely N-dealkylation sites (tertiary alicyclic amines) is 1. The predicted molar refractivity (Wildman–Crippen MR) is 139 cm³/mol. The van der Waals surface area contributed by atoms with Gasteiger partial charge in [0.05, 0.1) is 29.2 Å². The van der Waals surface area contributed by atoms with Crippen molar-refractivity contribution in [3.8, 4) is 11.4 Å².